The van der Waals surface area contributed by atoms with E-state index in [4.69, 9.17) is 9.52 Å². The molecule has 0 aliphatic carbocycles. The Kier molecular flexibility index (Phi) is 3.06. The van der Waals surface area contributed by atoms with Crippen molar-refractivity contribution in [2.24, 2.45) is 0 Å². The summed E-state index contributed by atoms with van der Waals surface area (Å²) in [4.78, 5) is 22.5. The summed E-state index contributed by atoms with van der Waals surface area (Å²) in [6.45, 7) is 1.96. The average Bonchev–Trinajstić information content (AvgIpc) is 2.27. The first-order valence-corrected chi connectivity index (χ1v) is 5.56. The van der Waals surface area contributed by atoms with Gasteiger partial charge in [-0.15, -0.1) is 0 Å². The highest BCUT2D eigenvalue weighted by Gasteiger charge is 2.18. The third kappa shape index (κ3) is 1.95. The minimum absolute atomic E-state index is 0.0709. The molecule has 5 heteroatoms. The number of carbonyl (C=O) groups is 1. The molecule has 0 saturated carbocycles. The number of rotatable bonds is 3. The summed E-state index contributed by atoms with van der Waals surface area (Å²) in [5.74, 6) is -1.73. The number of aromatic carboxylic acids is 1. The standard InChI is InChI=1S/C13H12O5/c1-2-3-7-6-10(15)18-12-8(7)4-5-9(14)11(12)13(16)17/h4-6,14H,2-3H2,1H3,(H,16,17). The molecule has 1 aromatic carbocycles. The first kappa shape index (κ1) is 12.2. The maximum atomic E-state index is 11.4. The molecular formula is C13H12O5. The van der Waals surface area contributed by atoms with Crippen LogP contribution in [0, 0.1) is 0 Å². The molecule has 0 spiro atoms. The van der Waals surface area contributed by atoms with Gasteiger partial charge in [-0.2, -0.15) is 0 Å². The molecule has 5 nitrogen and oxygen atoms in total. The van der Waals surface area contributed by atoms with Crippen molar-refractivity contribution in [1.29, 1.82) is 0 Å². The van der Waals surface area contributed by atoms with Crippen LogP contribution < -0.4 is 5.63 Å². The van der Waals surface area contributed by atoms with Crippen molar-refractivity contribution in [3.05, 3.63) is 39.7 Å². The van der Waals surface area contributed by atoms with Gasteiger partial charge in [0.2, 0.25) is 0 Å². The van der Waals surface area contributed by atoms with E-state index >= 15 is 0 Å². The van der Waals surface area contributed by atoms with Crippen molar-refractivity contribution in [3.8, 4) is 5.75 Å². The Labute approximate surface area is 102 Å². The highest BCUT2D eigenvalue weighted by molar-refractivity contribution is 6.04. The Bertz CT molecular complexity index is 669. The van der Waals surface area contributed by atoms with Crippen LogP contribution in [0.4, 0.5) is 0 Å². The molecule has 0 aliphatic heterocycles. The van der Waals surface area contributed by atoms with E-state index in [2.05, 4.69) is 0 Å². The van der Waals surface area contributed by atoms with Gasteiger partial charge in [-0.1, -0.05) is 13.3 Å². The molecule has 0 saturated heterocycles. The number of aryl methyl sites for hydroxylation is 1. The van der Waals surface area contributed by atoms with Crippen molar-refractivity contribution in [1.82, 2.24) is 0 Å². The Morgan fingerprint density at radius 1 is 1.39 bits per heavy atom. The lowest BCUT2D eigenvalue weighted by molar-refractivity contribution is 0.0694. The fourth-order valence-electron chi connectivity index (χ4n) is 1.96. The Hall–Kier alpha value is -2.30. The predicted molar refractivity (Wildman–Crippen MR) is 65.1 cm³/mol. The molecule has 1 heterocycles. The summed E-state index contributed by atoms with van der Waals surface area (Å²) in [7, 11) is 0. The van der Waals surface area contributed by atoms with E-state index in [1.54, 1.807) is 6.07 Å². The lowest BCUT2D eigenvalue weighted by Gasteiger charge is -2.07. The summed E-state index contributed by atoms with van der Waals surface area (Å²) < 4.78 is 4.93. The first-order chi connectivity index (χ1) is 8.54. The highest BCUT2D eigenvalue weighted by atomic mass is 16.4. The zero-order valence-corrected chi connectivity index (χ0v) is 9.77. The second-order valence-electron chi connectivity index (χ2n) is 3.98. The quantitative estimate of drug-likeness (QED) is 0.812. The van der Waals surface area contributed by atoms with Gasteiger partial charge in [0.15, 0.2) is 5.58 Å². The molecular weight excluding hydrogens is 236 g/mol. The molecule has 0 amide bonds. The topological polar surface area (TPSA) is 87.7 Å². The molecule has 0 unspecified atom stereocenters. The molecule has 0 radical (unpaired) electrons. The normalized spacial score (nSPS) is 10.7. The number of phenols is 1. The number of aromatic hydroxyl groups is 1. The summed E-state index contributed by atoms with van der Waals surface area (Å²) in [5.41, 5.74) is -0.327. The molecule has 0 aliphatic rings. The van der Waals surface area contributed by atoms with Gasteiger partial charge in [0.25, 0.3) is 0 Å². The van der Waals surface area contributed by atoms with Crippen LogP contribution >= 0.6 is 0 Å². The SMILES string of the molecule is CCCc1cc(=O)oc2c(C(=O)O)c(O)ccc12. The van der Waals surface area contributed by atoms with Gasteiger partial charge in [0.05, 0.1) is 0 Å². The summed E-state index contributed by atoms with van der Waals surface area (Å²) in [6.07, 6.45) is 1.47. The molecule has 18 heavy (non-hydrogen) atoms. The highest BCUT2D eigenvalue weighted by Crippen LogP contribution is 2.28. The summed E-state index contributed by atoms with van der Waals surface area (Å²) >= 11 is 0. The third-order valence-corrected chi connectivity index (χ3v) is 2.71. The van der Waals surface area contributed by atoms with Crippen LogP contribution in [0.2, 0.25) is 0 Å². The largest absolute Gasteiger partial charge is 0.507 e. The van der Waals surface area contributed by atoms with E-state index in [1.165, 1.54) is 12.1 Å². The third-order valence-electron chi connectivity index (χ3n) is 2.71. The second-order valence-corrected chi connectivity index (χ2v) is 3.98. The van der Waals surface area contributed by atoms with Gasteiger partial charge in [0.1, 0.15) is 11.3 Å². The molecule has 2 N–H and O–H groups in total. The minimum Gasteiger partial charge on any atom is -0.507 e. The summed E-state index contributed by atoms with van der Waals surface area (Å²) in [6, 6.07) is 4.21. The van der Waals surface area contributed by atoms with E-state index in [-0.39, 0.29) is 11.1 Å². The fraction of sp³-hybridized carbons (Fsp3) is 0.231. The van der Waals surface area contributed by atoms with E-state index in [0.29, 0.717) is 11.8 Å². The second kappa shape index (κ2) is 4.52. The first-order valence-electron chi connectivity index (χ1n) is 5.56. The Morgan fingerprint density at radius 3 is 2.72 bits per heavy atom. The van der Waals surface area contributed by atoms with E-state index in [0.717, 1.165) is 12.0 Å². The number of benzene rings is 1. The molecule has 1 aromatic heterocycles. The van der Waals surface area contributed by atoms with Gasteiger partial charge in [-0.05, 0) is 24.1 Å². The van der Waals surface area contributed by atoms with Crippen LogP contribution in [0.25, 0.3) is 11.0 Å². The summed E-state index contributed by atoms with van der Waals surface area (Å²) in [5, 5.41) is 19.1. The number of fused-ring (bicyclic) bond motifs is 1. The van der Waals surface area contributed by atoms with Gasteiger partial charge < -0.3 is 14.6 Å². The molecule has 94 valence electrons. The van der Waals surface area contributed by atoms with Gasteiger partial charge in [0, 0.05) is 11.5 Å². The maximum absolute atomic E-state index is 11.4. The zero-order chi connectivity index (χ0) is 13.3. The van der Waals surface area contributed by atoms with Crippen LogP contribution in [0.3, 0.4) is 0 Å². The van der Waals surface area contributed by atoms with E-state index in [1.807, 2.05) is 6.92 Å². The predicted octanol–water partition coefficient (Wildman–Crippen LogP) is 2.15. The lowest BCUT2D eigenvalue weighted by Crippen LogP contribution is -2.05. The number of hydrogen-bond donors (Lipinski definition) is 2. The smallest absolute Gasteiger partial charge is 0.343 e. The monoisotopic (exact) mass is 248 g/mol. The number of carboxylic acids is 1. The Morgan fingerprint density at radius 2 is 2.11 bits per heavy atom. The zero-order valence-electron chi connectivity index (χ0n) is 9.77. The Balaban J connectivity index is 2.89. The molecule has 2 aromatic rings. The number of carboxylic acid groups (broad SMARTS) is 1. The molecule has 0 bridgehead atoms. The van der Waals surface area contributed by atoms with Crippen LogP contribution in [-0.4, -0.2) is 16.2 Å². The molecule has 0 fully saturated rings. The van der Waals surface area contributed by atoms with Crippen molar-refractivity contribution < 1.29 is 19.4 Å². The maximum Gasteiger partial charge on any atom is 0.343 e. The lowest BCUT2D eigenvalue weighted by atomic mass is 10.0. The number of hydrogen-bond acceptors (Lipinski definition) is 4. The van der Waals surface area contributed by atoms with Gasteiger partial charge in [-0.3, -0.25) is 0 Å². The van der Waals surface area contributed by atoms with Crippen molar-refractivity contribution in [2.45, 2.75) is 19.8 Å². The van der Waals surface area contributed by atoms with Crippen LogP contribution in [-0.2, 0) is 6.42 Å². The fourth-order valence-corrected chi connectivity index (χ4v) is 1.96. The van der Waals surface area contributed by atoms with Gasteiger partial charge >= 0.3 is 11.6 Å². The minimum atomic E-state index is -1.32. The van der Waals surface area contributed by atoms with Crippen LogP contribution in [0.1, 0.15) is 29.3 Å². The average molecular weight is 248 g/mol. The van der Waals surface area contributed by atoms with Crippen molar-refractivity contribution >= 4 is 16.9 Å². The van der Waals surface area contributed by atoms with Gasteiger partial charge in [-0.25, -0.2) is 9.59 Å². The van der Waals surface area contributed by atoms with Crippen molar-refractivity contribution in [2.75, 3.05) is 0 Å². The molecule has 0 atom stereocenters. The van der Waals surface area contributed by atoms with E-state index in [9.17, 15) is 14.7 Å². The van der Waals surface area contributed by atoms with E-state index < -0.39 is 17.3 Å². The molecule has 2 rings (SSSR count). The van der Waals surface area contributed by atoms with Crippen LogP contribution in [0.5, 0.6) is 5.75 Å². The van der Waals surface area contributed by atoms with Crippen molar-refractivity contribution in [3.63, 3.8) is 0 Å². The van der Waals surface area contributed by atoms with Crippen LogP contribution in [0.15, 0.2) is 27.4 Å².